The molecule has 0 unspecified atom stereocenters. The van der Waals surface area contributed by atoms with Gasteiger partial charge < -0.3 is 15.0 Å². The van der Waals surface area contributed by atoms with Gasteiger partial charge in [-0.15, -0.1) is 0 Å². The van der Waals surface area contributed by atoms with Gasteiger partial charge in [-0.25, -0.2) is 8.78 Å². The molecule has 0 aliphatic carbocycles. The van der Waals surface area contributed by atoms with Crippen molar-refractivity contribution in [3.05, 3.63) is 89.0 Å². The number of nitrogens with one attached hydrogen (secondary N) is 1. The van der Waals surface area contributed by atoms with Crippen LogP contribution in [0.4, 0.5) is 28.9 Å². The quantitative estimate of drug-likeness (QED) is 0.412. The fourth-order valence-corrected chi connectivity index (χ4v) is 3.95. The molecule has 5 nitrogen and oxygen atoms in total. The smallest absolute Gasteiger partial charge is 0.261 e. The standard InChI is InChI=1S/C25H23F4N3O2/c1-34-24-22(28)20(26)19(21(27)23(24)29)25(33)30-17-7-9-18(10-8-17)32-13-11-31(12-14-32)15-16-5-3-2-4-6-16/h2-10H,11-15H2,1H3,(H,30,33). The van der Waals surface area contributed by atoms with Crippen molar-refractivity contribution in [1.82, 2.24) is 4.90 Å². The molecule has 0 saturated carbocycles. The zero-order valence-electron chi connectivity index (χ0n) is 18.5. The molecule has 9 heteroatoms. The van der Waals surface area contributed by atoms with Gasteiger partial charge in [-0.2, -0.15) is 8.78 Å². The number of nitrogens with zero attached hydrogens (tertiary/aromatic N) is 2. The monoisotopic (exact) mass is 473 g/mol. The molecule has 178 valence electrons. The van der Waals surface area contributed by atoms with Crippen LogP contribution in [0.1, 0.15) is 15.9 Å². The molecule has 1 aliphatic heterocycles. The number of hydrogen-bond donors (Lipinski definition) is 1. The average Bonchev–Trinajstić information content (AvgIpc) is 2.85. The highest BCUT2D eigenvalue weighted by atomic mass is 19.2. The summed E-state index contributed by atoms with van der Waals surface area (Å²) in [5, 5.41) is 2.28. The Hall–Kier alpha value is -3.59. The molecule has 1 saturated heterocycles. The van der Waals surface area contributed by atoms with Crippen LogP contribution in [0.3, 0.4) is 0 Å². The van der Waals surface area contributed by atoms with Crippen LogP contribution in [0.25, 0.3) is 0 Å². The van der Waals surface area contributed by atoms with Crippen LogP contribution in [-0.2, 0) is 6.54 Å². The Morgan fingerprint density at radius 1 is 0.853 bits per heavy atom. The average molecular weight is 473 g/mol. The van der Waals surface area contributed by atoms with E-state index in [4.69, 9.17) is 0 Å². The third-order valence-corrected chi connectivity index (χ3v) is 5.77. The third-order valence-electron chi connectivity index (χ3n) is 5.77. The van der Waals surface area contributed by atoms with Crippen molar-refractivity contribution in [3.8, 4) is 5.75 Å². The van der Waals surface area contributed by atoms with Gasteiger partial charge in [-0.3, -0.25) is 9.69 Å². The van der Waals surface area contributed by atoms with E-state index in [0.29, 0.717) is 0 Å². The number of piperazine rings is 1. The number of ether oxygens (including phenoxy) is 1. The SMILES string of the molecule is COc1c(F)c(F)c(C(=O)Nc2ccc(N3CCN(Cc4ccccc4)CC3)cc2)c(F)c1F. The summed E-state index contributed by atoms with van der Waals surface area (Å²) in [6, 6.07) is 16.9. The first-order valence-corrected chi connectivity index (χ1v) is 10.7. The molecular formula is C25H23F4N3O2. The highest BCUT2D eigenvalue weighted by Gasteiger charge is 2.30. The van der Waals surface area contributed by atoms with Gasteiger partial charge >= 0.3 is 0 Å². The van der Waals surface area contributed by atoms with Crippen LogP contribution < -0.4 is 15.0 Å². The normalized spacial score (nSPS) is 14.2. The van der Waals surface area contributed by atoms with E-state index in [1.54, 1.807) is 24.3 Å². The van der Waals surface area contributed by atoms with Crippen molar-refractivity contribution in [2.24, 2.45) is 0 Å². The summed E-state index contributed by atoms with van der Waals surface area (Å²) in [5.41, 5.74) is 1.07. The van der Waals surface area contributed by atoms with Crippen LogP contribution >= 0.6 is 0 Å². The number of rotatable bonds is 6. The van der Waals surface area contributed by atoms with E-state index in [1.807, 2.05) is 18.2 Å². The fraction of sp³-hybridized carbons (Fsp3) is 0.240. The van der Waals surface area contributed by atoms with Crippen LogP contribution in [0.5, 0.6) is 5.75 Å². The van der Waals surface area contributed by atoms with Gasteiger partial charge in [0.25, 0.3) is 5.91 Å². The largest absolute Gasteiger partial charge is 0.491 e. The second kappa shape index (κ2) is 10.1. The lowest BCUT2D eigenvalue weighted by atomic mass is 10.1. The van der Waals surface area contributed by atoms with Crippen molar-refractivity contribution >= 4 is 17.3 Å². The van der Waals surface area contributed by atoms with Gasteiger partial charge in [0.1, 0.15) is 5.56 Å². The number of amides is 1. The molecule has 34 heavy (non-hydrogen) atoms. The first-order chi connectivity index (χ1) is 16.4. The minimum atomic E-state index is -1.82. The number of carbonyl (C=O) groups excluding carboxylic acids is 1. The number of carbonyl (C=O) groups is 1. The molecule has 3 aromatic rings. The number of anilines is 2. The fourth-order valence-electron chi connectivity index (χ4n) is 3.95. The summed E-state index contributed by atoms with van der Waals surface area (Å²) in [6.07, 6.45) is 0. The van der Waals surface area contributed by atoms with E-state index in [0.717, 1.165) is 45.5 Å². The zero-order chi connectivity index (χ0) is 24.2. The lowest BCUT2D eigenvalue weighted by Gasteiger charge is -2.36. The van der Waals surface area contributed by atoms with E-state index >= 15 is 0 Å². The summed E-state index contributed by atoms with van der Waals surface area (Å²) >= 11 is 0. The third kappa shape index (κ3) is 4.84. The molecule has 1 amide bonds. The summed E-state index contributed by atoms with van der Waals surface area (Å²) in [7, 11) is 0.866. The molecule has 3 aromatic carbocycles. The van der Waals surface area contributed by atoms with E-state index in [2.05, 4.69) is 32.0 Å². The summed E-state index contributed by atoms with van der Waals surface area (Å²) < 4.78 is 60.5. The first-order valence-electron chi connectivity index (χ1n) is 10.7. The van der Waals surface area contributed by atoms with Crippen LogP contribution in [0.2, 0.25) is 0 Å². The summed E-state index contributed by atoms with van der Waals surface area (Å²) in [6.45, 7) is 4.30. The predicted molar refractivity (Wildman–Crippen MR) is 121 cm³/mol. The number of benzene rings is 3. The summed E-state index contributed by atoms with van der Waals surface area (Å²) in [4.78, 5) is 16.9. The van der Waals surface area contributed by atoms with Gasteiger partial charge in [0.15, 0.2) is 17.4 Å². The summed E-state index contributed by atoms with van der Waals surface area (Å²) in [5.74, 6) is -9.71. The molecule has 0 aromatic heterocycles. The molecule has 1 fully saturated rings. The number of hydrogen-bond acceptors (Lipinski definition) is 4. The van der Waals surface area contributed by atoms with Crippen LogP contribution in [0, 0.1) is 23.3 Å². The molecule has 0 spiro atoms. The Kier molecular flexibility index (Phi) is 7.02. The zero-order valence-corrected chi connectivity index (χ0v) is 18.5. The highest BCUT2D eigenvalue weighted by Crippen LogP contribution is 2.30. The van der Waals surface area contributed by atoms with Crippen LogP contribution in [-0.4, -0.2) is 44.1 Å². The van der Waals surface area contributed by atoms with E-state index in [9.17, 15) is 22.4 Å². The molecule has 0 bridgehead atoms. The predicted octanol–water partition coefficient (Wildman–Crippen LogP) is 4.83. The molecule has 1 aliphatic rings. The van der Waals surface area contributed by atoms with Crippen LogP contribution in [0.15, 0.2) is 54.6 Å². The van der Waals surface area contributed by atoms with Crippen molar-refractivity contribution < 1.29 is 27.1 Å². The Morgan fingerprint density at radius 2 is 1.44 bits per heavy atom. The Bertz CT molecular complexity index is 1140. The molecular weight excluding hydrogens is 450 g/mol. The van der Waals surface area contributed by atoms with Gasteiger partial charge in [0.2, 0.25) is 11.6 Å². The Morgan fingerprint density at radius 3 is 2.00 bits per heavy atom. The first kappa shape index (κ1) is 23.6. The van der Waals surface area contributed by atoms with Gasteiger partial charge in [-0.05, 0) is 29.8 Å². The van der Waals surface area contributed by atoms with Gasteiger partial charge in [-0.1, -0.05) is 30.3 Å². The van der Waals surface area contributed by atoms with Crippen molar-refractivity contribution in [3.63, 3.8) is 0 Å². The molecule has 4 rings (SSSR count). The molecule has 0 atom stereocenters. The maximum atomic E-state index is 14.2. The van der Waals surface area contributed by atoms with Gasteiger partial charge in [0.05, 0.1) is 7.11 Å². The molecule has 1 heterocycles. The number of methoxy groups -OCH3 is 1. The molecule has 1 N–H and O–H groups in total. The minimum Gasteiger partial charge on any atom is -0.491 e. The second-order valence-electron chi connectivity index (χ2n) is 7.91. The number of halogens is 4. The second-order valence-corrected chi connectivity index (χ2v) is 7.91. The topological polar surface area (TPSA) is 44.8 Å². The lowest BCUT2D eigenvalue weighted by molar-refractivity contribution is 0.101. The highest BCUT2D eigenvalue weighted by molar-refractivity contribution is 6.04. The minimum absolute atomic E-state index is 0.229. The maximum absolute atomic E-state index is 14.2. The van der Waals surface area contributed by atoms with Gasteiger partial charge in [0, 0.05) is 44.1 Å². The van der Waals surface area contributed by atoms with Crippen molar-refractivity contribution in [2.75, 3.05) is 43.5 Å². The Labute approximate surface area is 194 Å². The van der Waals surface area contributed by atoms with Crippen molar-refractivity contribution in [2.45, 2.75) is 6.54 Å². The maximum Gasteiger partial charge on any atom is 0.261 e. The van der Waals surface area contributed by atoms with E-state index < -0.39 is 40.5 Å². The Balaban J connectivity index is 1.39. The lowest BCUT2D eigenvalue weighted by Crippen LogP contribution is -2.45. The van der Waals surface area contributed by atoms with E-state index in [1.165, 1.54) is 5.56 Å². The molecule has 0 radical (unpaired) electrons. The van der Waals surface area contributed by atoms with Crippen molar-refractivity contribution in [1.29, 1.82) is 0 Å². The van der Waals surface area contributed by atoms with E-state index in [-0.39, 0.29) is 5.69 Å².